The molecule has 0 radical (unpaired) electrons. The van der Waals surface area contributed by atoms with Gasteiger partial charge in [0.25, 0.3) is 0 Å². The first-order valence-corrected chi connectivity index (χ1v) is 6.45. The van der Waals surface area contributed by atoms with Crippen molar-refractivity contribution in [2.75, 3.05) is 5.83 Å². The van der Waals surface area contributed by atoms with Gasteiger partial charge in [0.15, 0.2) is 5.78 Å². The molecule has 0 aliphatic heterocycles. The minimum Gasteiger partial charge on any atom is -0.294 e. The largest absolute Gasteiger partial charge is 0.294 e. The average molecular weight is 255 g/mol. The van der Waals surface area contributed by atoms with Crippen LogP contribution in [-0.2, 0) is 6.42 Å². The lowest BCUT2D eigenvalue weighted by atomic mass is 10.0. The third kappa shape index (κ3) is 2.68. The molecule has 1 nitrogen and oxygen atoms in total. The number of rotatable bonds is 0. The van der Waals surface area contributed by atoms with E-state index >= 15 is 0 Å². The Morgan fingerprint density at radius 1 is 1.07 bits per heavy atom. The highest BCUT2D eigenvalue weighted by atomic mass is 79.9. The molecule has 2 heteroatoms. The monoisotopic (exact) mass is 254 g/mol. The van der Waals surface area contributed by atoms with Crippen LogP contribution in [0.15, 0.2) is 24.3 Å². The maximum absolute atomic E-state index is 11.5. The molecule has 1 aliphatic carbocycles. The van der Waals surface area contributed by atoms with E-state index in [-0.39, 0.29) is 0 Å². The Morgan fingerprint density at radius 2 is 1.71 bits per heavy atom. The van der Waals surface area contributed by atoms with Crippen LogP contribution in [0.5, 0.6) is 0 Å². The molecule has 2 rings (SSSR count). The topological polar surface area (TPSA) is 17.1 Å². The fourth-order valence-corrected chi connectivity index (χ4v) is 1.75. The van der Waals surface area contributed by atoms with Gasteiger partial charge in [0, 0.05) is 12.0 Å². The van der Waals surface area contributed by atoms with Gasteiger partial charge in [-0.1, -0.05) is 40.2 Å². The Kier molecular flexibility index (Phi) is 4.88. The number of halogens is 1. The van der Waals surface area contributed by atoms with Gasteiger partial charge in [-0.15, -0.1) is 0 Å². The van der Waals surface area contributed by atoms with E-state index < -0.39 is 0 Å². The van der Waals surface area contributed by atoms with Crippen molar-refractivity contribution in [3.05, 3.63) is 35.4 Å². The number of ketones is 1. The smallest absolute Gasteiger partial charge is 0.163 e. The second-order valence-electron chi connectivity index (χ2n) is 3.29. The Balaban J connectivity index is 0.000000461. The second kappa shape index (κ2) is 5.97. The molecule has 0 aromatic heterocycles. The zero-order chi connectivity index (χ0) is 10.4. The number of carbonyl (C=O) groups excluding carboxylic acids is 1. The highest BCUT2D eigenvalue weighted by molar-refractivity contribution is 9.08. The molecule has 0 saturated heterocycles. The van der Waals surface area contributed by atoms with E-state index in [2.05, 4.69) is 22.0 Å². The first kappa shape index (κ1) is 11.4. The standard InChI is InChI=1S/C11H12O.CH3Br/c12-11-8-4-2-6-9-5-1-3-7-10(9)11;1-2/h1,3,5,7H,2,4,6,8H2;1H3. The minimum atomic E-state index is 0.322. The molecule has 1 aromatic rings. The highest BCUT2D eigenvalue weighted by Gasteiger charge is 2.13. The summed E-state index contributed by atoms with van der Waals surface area (Å²) in [5, 5.41) is 0. The van der Waals surface area contributed by atoms with Crippen molar-refractivity contribution < 1.29 is 4.79 Å². The van der Waals surface area contributed by atoms with Crippen molar-refractivity contribution in [2.45, 2.75) is 25.7 Å². The number of aryl methyl sites for hydroxylation is 1. The summed E-state index contributed by atoms with van der Waals surface area (Å²) in [6.07, 6.45) is 4.01. The number of benzene rings is 1. The molecule has 0 unspecified atom stereocenters. The molecule has 0 spiro atoms. The van der Waals surface area contributed by atoms with Gasteiger partial charge in [0.1, 0.15) is 0 Å². The summed E-state index contributed by atoms with van der Waals surface area (Å²) in [6.45, 7) is 0. The molecule has 76 valence electrons. The number of hydrogen-bond donors (Lipinski definition) is 0. The van der Waals surface area contributed by atoms with E-state index in [9.17, 15) is 4.79 Å². The van der Waals surface area contributed by atoms with Crippen molar-refractivity contribution in [1.82, 2.24) is 0 Å². The fourth-order valence-electron chi connectivity index (χ4n) is 1.75. The number of carbonyl (C=O) groups is 1. The third-order valence-corrected chi connectivity index (χ3v) is 2.42. The van der Waals surface area contributed by atoms with E-state index in [1.165, 1.54) is 5.56 Å². The SMILES string of the molecule is CBr.O=C1CCCCc2ccccc21. The van der Waals surface area contributed by atoms with E-state index in [0.29, 0.717) is 5.78 Å². The molecule has 0 fully saturated rings. The summed E-state index contributed by atoms with van der Waals surface area (Å²) >= 11 is 2.94. The summed E-state index contributed by atoms with van der Waals surface area (Å²) in [5.41, 5.74) is 2.19. The zero-order valence-corrected chi connectivity index (χ0v) is 10.0. The van der Waals surface area contributed by atoms with Crippen LogP contribution < -0.4 is 0 Å². The summed E-state index contributed by atoms with van der Waals surface area (Å²) in [7, 11) is 0. The van der Waals surface area contributed by atoms with E-state index in [0.717, 1.165) is 31.2 Å². The number of hydrogen-bond acceptors (Lipinski definition) is 1. The van der Waals surface area contributed by atoms with Crippen LogP contribution >= 0.6 is 15.9 Å². The van der Waals surface area contributed by atoms with Crippen LogP contribution in [0.4, 0.5) is 0 Å². The lowest BCUT2D eigenvalue weighted by Crippen LogP contribution is -1.98. The van der Waals surface area contributed by atoms with Crippen molar-refractivity contribution >= 4 is 21.7 Å². The molecule has 14 heavy (non-hydrogen) atoms. The first-order valence-electron chi connectivity index (χ1n) is 4.87. The Labute approximate surface area is 93.7 Å². The molecule has 1 aromatic carbocycles. The lowest BCUT2D eigenvalue weighted by molar-refractivity contribution is 0.0982. The van der Waals surface area contributed by atoms with Gasteiger partial charge in [-0.3, -0.25) is 4.79 Å². The Bertz CT molecular complexity index is 307. The quantitative estimate of drug-likeness (QED) is 0.511. The number of fused-ring (bicyclic) bond motifs is 1. The van der Waals surface area contributed by atoms with Gasteiger partial charge in [-0.25, -0.2) is 0 Å². The number of alkyl halides is 1. The van der Waals surface area contributed by atoms with Gasteiger partial charge < -0.3 is 0 Å². The molecular formula is C12H15BrO. The van der Waals surface area contributed by atoms with Crippen LogP contribution in [0.25, 0.3) is 0 Å². The molecule has 0 saturated carbocycles. The summed E-state index contributed by atoms with van der Waals surface area (Å²) in [4.78, 5) is 11.5. The van der Waals surface area contributed by atoms with Gasteiger partial charge in [0.2, 0.25) is 0 Å². The maximum atomic E-state index is 11.5. The van der Waals surface area contributed by atoms with Gasteiger partial charge >= 0.3 is 0 Å². The summed E-state index contributed by atoms with van der Waals surface area (Å²) < 4.78 is 0. The molecule has 1 aliphatic rings. The van der Waals surface area contributed by atoms with Crippen LogP contribution in [0.1, 0.15) is 35.2 Å². The zero-order valence-electron chi connectivity index (χ0n) is 8.42. The minimum absolute atomic E-state index is 0.322. The van der Waals surface area contributed by atoms with Crippen LogP contribution in [0, 0.1) is 0 Å². The van der Waals surface area contributed by atoms with Crippen molar-refractivity contribution in [3.63, 3.8) is 0 Å². The predicted octanol–water partition coefficient (Wildman–Crippen LogP) is 3.61. The van der Waals surface area contributed by atoms with Crippen molar-refractivity contribution in [2.24, 2.45) is 0 Å². The maximum Gasteiger partial charge on any atom is 0.163 e. The molecule has 0 heterocycles. The Hall–Kier alpha value is -0.630. The van der Waals surface area contributed by atoms with Crippen LogP contribution in [0.2, 0.25) is 0 Å². The normalized spacial score (nSPS) is 14.9. The van der Waals surface area contributed by atoms with Crippen molar-refractivity contribution in [1.29, 1.82) is 0 Å². The lowest BCUT2D eigenvalue weighted by Gasteiger charge is -2.01. The summed E-state index contributed by atoms with van der Waals surface area (Å²) in [6, 6.07) is 7.97. The van der Waals surface area contributed by atoms with Gasteiger partial charge in [-0.05, 0) is 30.7 Å². The molecular weight excluding hydrogens is 240 g/mol. The first-order chi connectivity index (χ1) is 6.88. The molecule has 0 N–H and O–H groups in total. The predicted molar refractivity (Wildman–Crippen MR) is 63.2 cm³/mol. The van der Waals surface area contributed by atoms with E-state index in [1.54, 1.807) is 0 Å². The molecule has 0 amide bonds. The average Bonchev–Trinajstić information content (AvgIpc) is 2.45. The van der Waals surface area contributed by atoms with E-state index in [4.69, 9.17) is 0 Å². The van der Waals surface area contributed by atoms with Crippen LogP contribution in [0.3, 0.4) is 0 Å². The fraction of sp³-hybridized carbons (Fsp3) is 0.417. The highest BCUT2D eigenvalue weighted by Crippen LogP contribution is 2.19. The summed E-state index contributed by atoms with van der Waals surface area (Å²) in [5.74, 6) is 2.13. The number of Topliss-reactive ketones (excluding diaryl/α,β-unsaturated/α-hetero) is 1. The molecule has 0 bridgehead atoms. The van der Waals surface area contributed by atoms with Crippen molar-refractivity contribution in [3.8, 4) is 0 Å². The molecule has 0 atom stereocenters. The van der Waals surface area contributed by atoms with E-state index in [1.807, 2.05) is 24.0 Å². The second-order valence-corrected chi connectivity index (χ2v) is 3.29. The third-order valence-electron chi connectivity index (χ3n) is 2.42. The van der Waals surface area contributed by atoms with Gasteiger partial charge in [0.05, 0.1) is 0 Å². The van der Waals surface area contributed by atoms with Gasteiger partial charge in [-0.2, -0.15) is 0 Å². The van der Waals surface area contributed by atoms with Crippen LogP contribution in [-0.4, -0.2) is 11.6 Å². The Morgan fingerprint density at radius 3 is 2.50 bits per heavy atom.